The Labute approximate surface area is 145 Å². The van der Waals surface area contributed by atoms with Gasteiger partial charge >= 0.3 is 7.60 Å². The van der Waals surface area contributed by atoms with Crippen molar-refractivity contribution in [3.05, 3.63) is 0 Å². The fraction of sp³-hybridized carbons (Fsp3) is 1.00. The first-order valence-electron chi connectivity index (χ1n) is 9.14. The highest BCUT2D eigenvalue weighted by molar-refractivity contribution is 7.90. The summed E-state index contributed by atoms with van der Waals surface area (Å²) < 4.78 is 40.1. The third-order valence-corrected chi connectivity index (χ3v) is 11.6. The van der Waals surface area contributed by atoms with E-state index in [2.05, 4.69) is 4.72 Å². The van der Waals surface area contributed by atoms with Crippen LogP contribution in [0.2, 0.25) is 0 Å². The molecule has 0 aromatic heterocycles. The van der Waals surface area contributed by atoms with E-state index in [0.717, 1.165) is 12.8 Å². The molecule has 0 heterocycles. The minimum Gasteiger partial charge on any atom is -0.324 e. The van der Waals surface area contributed by atoms with E-state index in [9.17, 15) is 22.8 Å². The molecule has 0 unspecified atom stereocenters. The summed E-state index contributed by atoms with van der Waals surface area (Å²) in [6, 6.07) is 0. The van der Waals surface area contributed by atoms with E-state index in [1.54, 1.807) is 0 Å². The summed E-state index contributed by atoms with van der Waals surface area (Å²) in [6.45, 7) is 3.76. The zero-order chi connectivity index (χ0) is 17.9. The molecule has 140 valence electrons. The monoisotopic (exact) mass is 379 g/mol. The zero-order valence-corrected chi connectivity index (χ0v) is 16.3. The molecule has 0 aromatic rings. The predicted molar refractivity (Wildman–Crippen MR) is 93.3 cm³/mol. The van der Waals surface area contributed by atoms with Gasteiger partial charge in [0.2, 0.25) is 10.0 Å². The minimum absolute atomic E-state index is 0.221. The van der Waals surface area contributed by atoms with Gasteiger partial charge in [-0.05, 0) is 69.6 Å². The lowest BCUT2D eigenvalue weighted by atomic mass is 9.52. The maximum atomic E-state index is 12.4. The Morgan fingerprint density at radius 1 is 1.04 bits per heavy atom. The van der Waals surface area contributed by atoms with Crippen molar-refractivity contribution < 1.29 is 22.8 Å². The number of nitrogens with one attached hydrogen (secondary N) is 1. The molecule has 0 saturated heterocycles. The summed E-state index contributed by atoms with van der Waals surface area (Å²) in [5, 5.41) is -1.19. The Hall–Kier alpha value is 0.0600. The van der Waals surface area contributed by atoms with Crippen LogP contribution in [0.5, 0.6) is 0 Å². The van der Waals surface area contributed by atoms with Gasteiger partial charge in [0.1, 0.15) is 0 Å². The van der Waals surface area contributed by atoms with Crippen molar-refractivity contribution in [1.82, 2.24) is 4.72 Å². The van der Waals surface area contributed by atoms with Gasteiger partial charge in [0.25, 0.3) is 0 Å². The molecule has 0 spiro atoms. The molecule has 8 heteroatoms. The first-order chi connectivity index (χ1) is 11.1. The lowest BCUT2D eigenvalue weighted by Gasteiger charge is -2.60. The van der Waals surface area contributed by atoms with Gasteiger partial charge in [-0.15, -0.1) is 0 Å². The van der Waals surface area contributed by atoms with Crippen molar-refractivity contribution in [3.63, 3.8) is 0 Å². The first kappa shape index (κ1) is 18.8. The number of hydrogen-bond acceptors (Lipinski definition) is 3. The molecule has 2 bridgehead atoms. The van der Waals surface area contributed by atoms with Crippen LogP contribution in [0.15, 0.2) is 0 Å². The molecule has 4 aliphatic carbocycles. The molecular formula is C16H30NO5PS. The minimum atomic E-state index is -4.24. The SMILES string of the molecule is CCC(CC)(C12CCC(NS(=O)(=O)C3CC3)(CC1)CC2)P(=O)(O)O. The molecule has 3 N–H and O–H groups in total. The first-order valence-corrected chi connectivity index (χ1v) is 12.3. The second kappa shape index (κ2) is 5.78. The number of hydrogen-bond donors (Lipinski definition) is 3. The molecule has 4 saturated carbocycles. The highest BCUT2D eigenvalue weighted by atomic mass is 32.2. The third-order valence-electron chi connectivity index (χ3n) is 7.28. The highest BCUT2D eigenvalue weighted by Gasteiger charge is 2.64. The lowest BCUT2D eigenvalue weighted by Crippen LogP contribution is -2.62. The molecule has 4 fully saturated rings. The average Bonchev–Trinajstić information content (AvgIpc) is 3.34. The standard InChI is InChI=1S/C16H30NO5PS/c1-3-16(4-2,23(18,19)20)14-7-10-15(11-8-14,12-9-14)17-24(21,22)13-5-6-13/h13,17H,3-12H2,1-2H3,(H2,18,19,20). The van der Waals surface area contributed by atoms with E-state index in [1.165, 1.54) is 0 Å². The normalized spacial score (nSPS) is 34.5. The van der Waals surface area contributed by atoms with Crippen LogP contribution >= 0.6 is 7.60 Å². The van der Waals surface area contributed by atoms with E-state index < -0.39 is 22.8 Å². The topological polar surface area (TPSA) is 104 Å². The summed E-state index contributed by atoms with van der Waals surface area (Å²) in [5.74, 6) is 0. The van der Waals surface area contributed by atoms with Gasteiger partial charge in [-0.3, -0.25) is 4.57 Å². The quantitative estimate of drug-likeness (QED) is 0.590. The van der Waals surface area contributed by atoms with Gasteiger partial charge in [0, 0.05) is 5.54 Å². The summed E-state index contributed by atoms with van der Waals surface area (Å²) in [4.78, 5) is 20.3. The molecule has 0 radical (unpaired) electrons. The Kier molecular flexibility index (Phi) is 4.54. The van der Waals surface area contributed by atoms with E-state index in [1.807, 2.05) is 13.8 Å². The van der Waals surface area contributed by atoms with Crippen molar-refractivity contribution in [3.8, 4) is 0 Å². The summed E-state index contributed by atoms with van der Waals surface area (Å²) in [5.41, 5.74) is -0.742. The van der Waals surface area contributed by atoms with E-state index in [-0.39, 0.29) is 16.2 Å². The molecule has 0 aliphatic heterocycles. The van der Waals surface area contributed by atoms with Gasteiger partial charge in [0.05, 0.1) is 10.4 Å². The van der Waals surface area contributed by atoms with Gasteiger partial charge in [-0.2, -0.15) is 0 Å². The second-order valence-corrected chi connectivity index (χ2v) is 12.1. The number of sulfonamides is 1. The highest BCUT2D eigenvalue weighted by Crippen LogP contribution is 2.71. The molecular weight excluding hydrogens is 349 g/mol. The predicted octanol–water partition coefficient (Wildman–Crippen LogP) is 2.90. The van der Waals surface area contributed by atoms with E-state index in [0.29, 0.717) is 51.4 Å². The Morgan fingerprint density at radius 2 is 1.50 bits per heavy atom. The molecule has 0 amide bonds. The van der Waals surface area contributed by atoms with Crippen LogP contribution in [0, 0.1) is 5.41 Å². The van der Waals surface area contributed by atoms with Crippen LogP contribution in [0.4, 0.5) is 0 Å². The molecule has 4 rings (SSSR count). The molecule has 0 aromatic carbocycles. The average molecular weight is 379 g/mol. The number of rotatable bonds is 7. The summed E-state index contributed by atoms with van der Waals surface area (Å²) in [7, 11) is -7.47. The molecule has 6 nitrogen and oxygen atoms in total. The van der Waals surface area contributed by atoms with Crippen LogP contribution < -0.4 is 4.72 Å². The molecule has 4 aliphatic rings. The lowest BCUT2D eigenvalue weighted by molar-refractivity contribution is -0.0118. The van der Waals surface area contributed by atoms with E-state index >= 15 is 0 Å². The Bertz CT molecular complexity index is 623. The fourth-order valence-corrected chi connectivity index (χ4v) is 9.13. The number of fused-ring (bicyclic) bond motifs is 3. The van der Waals surface area contributed by atoms with Gasteiger partial charge < -0.3 is 9.79 Å². The third kappa shape index (κ3) is 2.71. The second-order valence-electron chi connectivity index (χ2n) is 8.19. The Balaban J connectivity index is 1.84. The summed E-state index contributed by atoms with van der Waals surface area (Å²) >= 11 is 0. The van der Waals surface area contributed by atoms with Crippen LogP contribution in [0.1, 0.15) is 78.1 Å². The molecule has 0 atom stereocenters. The van der Waals surface area contributed by atoms with Crippen molar-refractivity contribution in [2.75, 3.05) is 0 Å². The van der Waals surface area contributed by atoms with Crippen molar-refractivity contribution >= 4 is 17.6 Å². The maximum Gasteiger partial charge on any atom is 0.332 e. The zero-order valence-electron chi connectivity index (χ0n) is 14.6. The van der Waals surface area contributed by atoms with Crippen molar-refractivity contribution in [2.45, 2.75) is 94.0 Å². The van der Waals surface area contributed by atoms with Gasteiger partial charge in [0.15, 0.2) is 0 Å². The van der Waals surface area contributed by atoms with Gasteiger partial charge in [-0.25, -0.2) is 13.1 Å². The van der Waals surface area contributed by atoms with Gasteiger partial charge in [-0.1, -0.05) is 13.8 Å². The van der Waals surface area contributed by atoms with Crippen molar-refractivity contribution in [1.29, 1.82) is 0 Å². The Morgan fingerprint density at radius 3 is 1.83 bits per heavy atom. The van der Waals surface area contributed by atoms with Crippen molar-refractivity contribution in [2.24, 2.45) is 5.41 Å². The smallest absolute Gasteiger partial charge is 0.324 e. The largest absolute Gasteiger partial charge is 0.332 e. The summed E-state index contributed by atoms with van der Waals surface area (Å²) in [6.07, 6.45) is 6.63. The maximum absolute atomic E-state index is 12.4. The van der Waals surface area contributed by atoms with E-state index in [4.69, 9.17) is 0 Å². The molecule has 24 heavy (non-hydrogen) atoms. The van der Waals surface area contributed by atoms with Crippen LogP contribution in [0.25, 0.3) is 0 Å². The van der Waals surface area contributed by atoms with Crippen LogP contribution in [-0.2, 0) is 14.6 Å². The van der Waals surface area contributed by atoms with Crippen LogP contribution in [0.3, 0.4) is 0 Å². The van der Waals surface area contributed by atoms with Crippen LogP contribution in [-0.4, -0.2) is 34.1 Å². The fourth-order valence-electron chi connectivity index (χ4n) is 5.52.